The molecule has 0 atom stereocenters. The van der Waals surface area contributed by atoms with Crippen LogP contribution in [0.25, 0.3) is 0 Å². The lowest BCUT2D eigenvalue weighted by molar-refractivity contribution is -0.133. The molecule has 9 nitrogen and oxygen atoms in total. The molecular weight excluding hydrogens is 356 g/mol. The van der Waals surface area contributed by atoms with Crippen LogP contribution in [0.3, 0.4) is 0 Å². The zero-order valence-electron chi connectivity index (χ0n) is 16.6. The number of rotatable bonds is 18. The van der Waals surface area contributed by atoms with Gasteiger partial charge in [0.15, 0.2) is 0 Å². The van der Waals surface area contributed by atoms with Crippen LogP contribution < -0.4 is 5.32 Å². The number of amides is 1. The molecule has 0 aromatic carbocycles. The predicted octanol–water partition coefficient (Wildman–Crippen LogP) is -0.462. The molecule has 0 bridgehead atoms. The fourth-order valence-corrected chi connectivity index (χ4v) is 2.36. The van der Waals surface area contributed by atoms with Gasteiger partial charge in [0, 0.05) is 33.3 Å². The standard InChI is InChI=1S/C18H36N2O7/c1-22-8-9-24-12-13-26-16-17-27-15-14-25-11-10-23-7-2-18(21)20-5-3-19-4-6-20/h19H,2-17H2,1H3. The molecule has 1 heterocycles. The van der Waals surface area contributed by atoms with E-state index in [-0.39, 0.29) is 5.91 Å². The van der Waals surface area contributed by atoms with Crippen LogP contribution in [0.1, 0.15) is 6.42 Å². The zero-order valence-corrected chi connectivity index (χ0v) is 16.6. The largest absolute Gasteiger partial charge is 0.382 e. The summed E-state index contributed by atoms with van der Waals surface area (Å²) in [6, 6.07) is 0. The van der Waals surface area contributed by atoms with Gasteiger partial charge < -0.3 is 38.6 Å². The third-order valence-electron chi connectivity index (χ3n) is 3.85. The Labute approximate surface area is 162 Å². The summed E-state index contributed by atoms with van der Waals surface area (Å²) in [5.74, 6) is 0.162. The minimum absolute atomic E-state index is 0.162. The molecular formula is C18H36N2O7. The zero-order chi connectivity index (χ0) is 19.4. The summed E-state index contributed by atoms with van der Waals surface area (Å²) in [5.41, 5.74) is 0. The van der Waals surface area contributed by atoms with Crippen molar-refractivity contribution in [2.45, 2.75) is 6.42 Å². The fourth-order valence-electron chi connectivity index (χ4n) is 2.36. The van der Waals surface area contributed by atoms with Gasteiger partial charge in [0.2, 0.25) is 5.91 Å². The van der Waals surface area contributed by atoms with E-state index in [1.807, 2.05) is 4.90 Å². The molecule has 9 heteroatoms. The molecule has 1 fully saturated rings. The van der Waals surface area contributed by atoms with E-state index < -0.39 is 0 Å². The average molecular weight is 392 g/mol. The number of methoxy groups -OCH3 is 1. The molecule has 0 spiro atoms. The first-order chi connectivity index (χ1) is 13.3. The fraction of sp³-hybridized carbons (Fsp3) is 0.944. The van der Waals surface area contributed by atoms with E-state index in [1.54, 1.807) is 7.11 Å². The number of carbonyl (C=O) groups is 1. The summed E-state index contributed by atoms with van der Waals surface area (Å²) in [6.07, 6.45) is 0.431. The first kappa shape index (κ1) is 24.2. The van der Waals surface area contributed by atoms with Crippen LogP contribution >= 0.6 is 0 Å². The van der Waals surface area contributed by atoms with Crippen LogP contribution in [-0.4, -0.2) is 117 Å². The highest BCUT2D eigenvalue weighted by atomic mass is 16.6. The van der Waals surface area contributed by atoms with Gasteiger partial charge in [-0.15, -0.1) is 0 Å². The first-order valence-corrected chi connectivity index (χ1v) is 9.70. The molecule has 1 aliphatic rings. The normalized spacial score (nSPS) is 14.6. The molecule has 160 valence electrons. The van der Waals surface area contributed by atoms with Gasteiger partial charge in [0.05, 0.1) is 79.1 Å². The maximum absolute atomic E-state index is 11.9. The highest BCUT2D eigenvalue weighted by Crippen LogP contribution is 1.97. The van der Waals surface area contributed by atoms with E-state index in [1.165, 1.54) is 0 Å². The minimum Gasteiger partial charge on any atom is -0.382 e. The smallest absolute Gasteiger partial charge is 0.224 e. The molecule has 0 aromatic rings. The summed E-state index contributed by atoms with van der Waals surface area (Å²) in [6.45, 7) is 9.16. The molecule has 1 saturated heterocycles. The molecule has 27 heavy (non-hydrogen) atoms. The monoisotopic (exact) mass is 392 g/mol. The maximum Gasteiger partial charge on any atom is 0.224 e. The van der Waals surface area contributed by atoms with Crippen molar-refractivity contribution >= 4 is 5.91 Å². The van der Waals surface area contributed by atoms with E-state index in [0.29, 0.717) is 79.1 Å². The molecule has 1 N–H and O–H groups in total. The van der Waals surface area contributed by atoms with E-state index in [0.717, 1.165) is 26.2 Å². The second-order valence-corrected chi connectivity index (χ2v) is 5.94. The Bertz CT molecular complexity index is 342. The van der Waals surface area contributed by atoms with E-state index >= 15 is 0 Å². The quantitative estimate of drug-likeness (QED) is 0.314. The van der Waals surface area contributed by atoms with E-state index in [4.69, 9.17) is 28.4 Å². The van der Waals surface area contributed by atoms with Crippen LogP contribution in [0.5, 0.6) is 0 Å². The Balaban J connectivity index is 1.71. The predicted molar refractivity (Wildman–Crippen MR) is 100 cm³/mol. The molecule has 0 unspecified atom stereocenters. The lowest BCUT2D eigenvalue weighted by Crippen LogP contribution is -2.46. The number of nitrogens with zero attached hydrogens (tertiary/aromatic N) is 1. The van der Waals surface area contributed by atoms with Crippen LogP contribution in [0, 0.1) is 0 Å². The highest BCUT2D eigenvalue weighted by Gasteiger charge is 2.15. The summed E-state index contributed by atoms with van der Waals surface area (Å²) in [5, 5.41) is 3.23. The van der Waals surface area contributed by atoms with Gasteiger partial charge in [-0.25, -0.2) is 0 Å². The summed E-state index contributed by atoms with van der Waals surface area (Å²) in [4.78, 5) is 13.8. The third-order valence-corrected chi connectivity index (χ3v) is 3.85. The molecule has 0 aromatic heterocycles. The van der Waals surface area contributed by atoms with Crippen LogP contribution in [0.15, 0.2) is 0 Å². The van der Waals surface area contributed by atoms with E-state index in [9.17, 15) is 4.79 Å². The van der Waals surface area contributed by atoms with Gasteiger partial charge >= 0.3 is 0 Å². The van der Waals surface area contributed by atoms with Crippen molar-refractivity contribution in [2.75, 3.05) is 106 Å². The van der Waals surface area contributed by atoms with Gasteiger partial charge in [-0.05, 0) is 0 Å². The van der Waals surface area contributed by atoms with Gasteiger partial charge in [-0.1, -0.05) is 0 Å². The molecule has 0 aliphatic carbocycles. The second kappa shape index (κ2) is 18.5. The maximum atomic E-state index is 11.9. The Hall–Kier alpha value is -0.810. The number of hydrogen-bond acceptors (Lipinski definition) is 8. The summed E-state index contributed by atoms with van der Waals surface area (Å²) >= 11 is 0. The summed E-state index contributed by atoms with van der Waals surface area (Å²) in [7, 11) is 1.64. The SMILES string of the molecule is COCCOCCOCCOCCOCCOCCC(=O)N1CCNCC1. The highest BCUT2D eigenvalue weighted by molar-refractivity contribution is 5.76. The second-order valence-electron chi connectivity index (χ2n) is 5.94. The number of carbonyl (C=O) groups excluding carboxylic acids is 1. The van der Waals surface area contributed by atoms with Gasteiger partial charge in [-0.2, -0.15) is 0 Å². The first-order valence-electron chi connectivity index (χ1n) is 9.70. The van der Waals surface area contributed by atoms with Crippen molar-refractivity contribution in [1.29, 1.82) is 0 Å². The number of ether oxygens (including phenoxy) is 6. The Morgan fingerprint density at radius 1 is 0.704 bits per heavy atom. The van der Waals surface area contributed by atoms with Crippen molar-refractivity contribution in [3.63, 3.8) is 0 Å². The topological polar surface area (TPSA) is 87.7 Å². The average Bonchev–Trinajstić information content (AvgIpc) is 2.70. The lowest BCUT2D eigenvalue weighted by atomic mass is 10.3. The number of hydrogen-bond donors (Lipinski definition) is 1. The Kier molecular flexibility index (Phi) is 16.6. The van der Waals surface area contributed by atoms with Gasteiger partial charge in [-0.3, -0.25) is 4.79 Å². The van der Waals surface area contributed by atoms with E-state index in [2.05, 4.69) is 5.32 Å². The van der Waals surface area contributed by atoms with Crippen LogP contribution in [0.2, 0.25) is 0 Å². The van der Waals surface area contributed by atoms with Crippen molar-refractivity contribution in [3.05, 3.63) is 0 Å². The van der Waals surface area contributed by atoms with Gasteiger partial charge in [0.1, 0.15) is 0 Å². The van der Waals surface area contributed by atoms with Crippen LogP contribution in [0.4, 0.5) is 0 Å². The van der Waals surface area contributed by atoms with Crippen molar-refractivity contribution < 1.29 is 33.2 Å². The molecule has 1 aliphatic heterocycles. The Morgan fingerprint density at radius 2 is 1.11 bits per heavy atom. The van der Waals surface area contributed by atoms with Crippen molar-refractivity contribution in [1.82, 2.24) is 10.2 Å². The molecule has 1 amide bonds. The summed E-state index contributed by atoms with van der Waals surface area (Å²) < 4.78 is 31.8. The molecule has 0 radical (unpaired) electrons. The number of piperazine rings is 1. The molecule has 0 saturated carbocycles. The molecule has 1 rings (SSSR count). The van der Waals surface area contributed by atoms with Gasteiger partial charge in [0.25, 0.3) is 0 Å². The Morgan fingerprint density at radius 3 is 1.56 bits per heavy atom. The van der Waals surface area contributed by atoms with Crippen molar-refractivity contribution in [2.24, 2.45) is 0 Å². The number of nitrogens with one attached hydrogen (secondary N) is 1. The lowest BCUT2D eigenvalue weighted by Gasteiger charge is -2.27. The third kappa shape index (κ3) is 14.9. The minimum atomic E-state index is 0.162. The van der Waals surface area contributed by atoms with Crippen LogP contribution in [-0.2, 0) is 33.2 Å². The van der Waals surface area contributed by atoms with Crippen molar-refractivity contribution in [3.8, 4) is 0 Å².